The smallest absolute Gasteiger partial charge is 0.255 e. The van der Waals surface area contributed by atoms with Gasteiger partial charge in [-0.15, -0.1) is 0 Å². The zero-order valence-corrected chi connectivity index (χ0v) is 18.5. The minimum atomic E-state index is -0.128. The second-order valence-electron chi connectivity index (χ2n) is 8.47. The maximum atomic E-state index is 12.9. The normalized spacial score (nSPS) is 15.8. The Balaban J connectivity index is 1.24. The van der Waals surface area contributed by atoms with Gasteiger partial charge in [-0.3, -0.25) is 14.7 Å². The average molecular weight is 443 g/mol. The maximum absolute atomic E-state index is 12.9. The van der Waals surface area contributed by atoms with Gasteiger partial charge in [-0.05, 0) is 36.6 Å². The molecule has 1 aliphatic rings. The monoisotopic (exact) mass is 442 g/mol. The van der Waals surface area contributed by atoms with E-state index < -0.39 is 0 Å². The molecule has 0 bridgehead atoms. The summed E-state index contributed by atoms with van der Waals surface area (Å²) in [7, 11) is 1.65. The fourth-order valence-corrected chi connectivity index (χ4v) is 4.34. The number of carbonyl (C=O) groups is 1. The molecule has 0 saturated carbocycles. The van der Waals surface area contributed by atoms with Crippen LogP contribution in [-0.4, -0.2) is 50.2 Å². The van der Waals surface area contributed by atoms with Crippen LogP contribution < -0.4 is 10.9 Å². The van der Waals surface area contributed by atoms with E-state index in [9.17, 15) is 9.59 Å². The van der Waals surface area contributed by atoms with Gasteiger partial charge in [0.2, 0.25) is 5.56 Å². The molecule has 4 heterocycles. The number of hydrogen-bond acceptors (Lipinski definition) is 5. The van der Waals surface area contributed by atoms with Gasteiger partial charge in [0.15, 0.2) is 11.5 Å². The zero-order chi connectivity index (χ0) is 22.8. The lowest BCUT2D eigenvalue weighted by Crippen LogP contribution is -2.30. The third kappa shape index (κ3) is 4.37. The fourth-order valence-electron chi connectivity index (χ4n) is 4.34. The summed E-state index contributed by atoms with van der Waals surface area (Å²) < 4.78 is 1.43. The largest absolute Gasteiger partial charge is 0.368 e. The number of likely N-dealkylation sites (tertiary alicyclic amines) is 1. The van der Waals surface area contributed by atoms with Crippen molar-refractivity contribution in [1.29, 1.82) is 0 Å². The number of nitrogens with zero attached hydrogens (tertiary/aromatic N) is 4. The Morgan fingerprint density at radius 1 is 1.15 bits per heavy atom. The van der Waals surface area contributed by atoms with Crippen molar-refractivity contribution in [3.63, 3.8) is 0 Å². The molecule has 0 aliphatic carbocycles. The van der Waals surface area contributed by atoms with Crippen LogP contribution in [0.15, 0.2) is 65.6 Å². The molecule has 1 aliphatic heterocycles. The van der Waals surface area contributed by atoms with Crippen molar-refractivity contribution in [2.75, 3.05) is 25.0 Å². The molecule has 5 rings (SSSR count). The molecular weight excluding hydrogens is 416 g/mol. The first-order valence-electron chi connectivity index (χ1n) is 11.2. The van der Waals surface area contributed by atoms with Crippen molar-refractivity contribution in [3.8, 4) is 0 Å². The highest BCUT2D eigenvalue weighted by molar-refractivity contribution is 5.94. The lowest BCUT2D eigenvalue weighted by molar-refractivity contribution is 0.0789. The van der Waals surface area contributed by atoms with Gasteiger partial charge in [0.05, 0.1) is 10.9 Å². The standard InChI is InChI=1S/C25H26N6O2/c1-30-15-19(7-10-22(30)32)25(33)31-14-12-18(16-31)21-9-8-20-23(28-29-24(20)27-21)26-13-11-17-5-3-2-4-6-17/h2-10,15,18H,11-14,16H2,1H3,(H2,26,27,28,29)/t18-/m1/s1. The number of H-pyrrole nitrogens is 1. The van der Waals surface area contributed by atoms with Crippen molar-refractivity contribution in [1.82, 2.24) is 24.6 Å². The Labute approximate surface area is 191 Å². The number of nitrogens with one attached hydrogen (secondary N) is 2. The number of aromatic nitrogens is 4. The van der Waals surface area contributed by atoms with Crippen molar-refractivity contribution in [2.24, 2.45) is 7.05 Å². The zero-order valence-electron chi connectivity index (χ0n) is 18.5. The van der Waals surface area contributed by atoms with Crippen LogP contribution in [0.4, 0.5) is 5.82 Å². The highest BCUT2D eigenvalue weighted by atomic mass is 16.2. The molecule has 8 heteroatoms. The molecule has 168 valence electrons. The first kappa shape index (κ1) is 20.9. The van der Waals surface area contributed by atoms with Crippen LogP contribution in [0.25, 0.3) is 11.0 Å². The van der Waals surface area contributed by atoms with Crippen LogP contribution in [-0.2, 0) is 13.5 Å². The summed E-state index contributed by atoms with van der Waals surface area (Å²) >= 11 is 0. The molecule has 2 N–H and O–H groups in total. The highest BCUT2D eigenvalue weighted by Gasteiger charge is 2.29. The quantitative estimate of drug-likeness (QED) is 0.479. The predicted octanol–water partition coefficient (Wildman–Crippen LogP) is 2.94. The Kier molecular flexibility index (Phi) is 5.64. The van der Waals surface area contributed by atoms with E-state index in [4.69, 9.17) is 4.98 Å². The highest BCUT2D eigenvalue weighted by Crippen LogP contribution is 2.29. The SMILES string of the molecule is Cn1cc(C(=O)N2CC[C@@H](c3ccc4c(NCCc5ccccc5)n[nH]c4n3)C2)ccc1=O. The van der Waals surface area contributed by atoms with Crippen molar-refractivity contribution >= 4 is 22.8 Å². The first-order chi connectivity index (χ1) is 16.1. The number of carbonyl (C=O) groups excluding carboxylic acids is 1. The average Bonchev–Trinajstić information content (AvgIpc) is 3.48. The van der Waals surface area contributed by atoms with Gasteiger partial charge in [-0.1, -0.05) is 30.3 Å². The second-order valence-corrected chi connectivity index (χ2v) is 8.47. The van der Waals surface area contributed by atoms with Crippen LogP contribution in [0.5, 0.6) is 0 Å². The van der Waals surface area contributed by atoms with Crippen molar-refractivity contribution in [2.45, 2.75) is 18.8 Å². The summed E-state index contributed by atoms with van der Waals surface area (Å²) in [5.74, 6) is 0.919. The van der Waals surface area contributed by atoms with Crippen LogP contribution in [0, 0.1) is 0 Å². The molecular formula is C25H26N6O2. The van der Waals surface area contributed by atoms with E-state index in [2.05, 4.69) is 27.6 Å². The Hall–Kier alpha value is -3.94. The van der Waals surface area contributed by atoms with Crippen molar-refractivity contribution < 1.29 is 4.79 Å². The fraction of sp³-hybridized carbons (Fsp3) is 0.280. The Morgan fingerprint density at radius 2 is 2.00 bits per heavy atom. The van der Waals surface area contributed by atoms with Crippen LogP contribution >= 0.6 is 0 Å². The third-order valence-electron chi connectivity index (χ3n) is 6.22. The number of benzene rings is 1. The molecule has 0 unspecified atom stereocenters. The Bertz CT molecular complexity index is 1340. The molecule has 1 saturated heterocycles. The minimum Gasteiger partial charge on any atom is -0.368 e. The summed E-state index contributed by atoms with van der Waals surface area (Å²) in [6.45, 7) is 2.06. The number of hydrogen-bond donors (Lipinski definition) is 2. The summed E-state index contributed by atoms with van der Waals surface area (Å²) in [5.41, 5.74) is 3.39. The van der Waals surface area contributed by atoms with E-state index in [-0.39, 0.29) is 17.4 Å². The van der Waals surface area contributed by atoms with E-state index in [1.165, 1.54) is 16.2 Å². The number of aryl methyl sites for hydroxylation is 1. The predicted molar refractivity (Wildman–Crippen MR) is 127 cm³/mol. The van der Waals surface area contributed by atoms with Crippen molar-refractivity contribution in [3.05, 3.63) is 88.0 Å². The lowest BCUT2D eigenvalue weighted by atomic mass is 10.0. The van der Waals surface area contributed by atoms with Gasteiger partial charge in [-0.2, -0.15) is 5.10 Å². The summed E-state index contributed by atoms with van der Waals surface area (Å²) in [6.07, 6.45) is 3.37. The third-order valence-corrected chi connectivity index (χ3v) is 6.22. The summed E-state index contributed by atoms with van der Waals surface area (Å²) in [4.78, 5) is 31.1. The van der Waals surface area contributed by atoms with Crippen LogP contribution in [0.3, 0.4) is 0 Å². The van der Waals surface area contributed by atoms with E-state index in [0.717, 1.165) is 41.9 Å². The molecule has 33 heavy (non-hydrogen) atoms. The molecule has 0 radical (unpaired) electrons. The molecule has 3 aromatic heterocycles. The van der Waals surface area contributed by atoms with Gasteiger partial charge in [0.1, 0.15) is 0 Å². The Morgan fingerprint density at radius 3 is 2.82 bits per heavy atom. The van der Waals surface area contributed by atoms with Gasteiger partial charge in [0, 0.05) is 50.6 Å². The minimum absolute atomic E-state index is 0.0550. The maximum Gasteiger partial charge on any atom is 0.255 e. The number of rotatable bonds is 6. The number of amides is 1. The number of fused-ring (bicyclic) bond motifs is 1. The van der Waals surface area contributed by atoms with E-state index in [1.807, 2.05) is 35.2 Å². The van der Waals surface area contributed by atoms with Gasteiger partial charge in [-0.25, -0.2) is 4.98 Å². The molecule has 1 aromatic carbocycles. The molecule has 1 atom stereocenters. The van der Waals surface area contributed by atoms with Gasteiger partial charge in [0.25, 0.3) is 5.91 Å². The molecule has 1 amide bonds. The first-order valence-corrected chi connectivity index (χ1v) is 11.2. The van der Waals surface area contributed by atoms with Crippen LogP contribution in [0.1, 0.15) is 34.0 Å². The summed E-state index contributed by atoms with van der Waals surface area (Å²) in [6, 6.07) is 17.5. The van der Waals surface area contributed by atoms with Crippen LogP contribution in [0.2, 0.25) is 0 Å². The van der Waals surface area contributed by atoms with Gasteiger partial charge >= 0.3 is 0 Å². The van der Waals surface area contributed by atoms with Gasteiger partial charge < -0.3 is 14.8 Å². The van der Waals surface area contributed by atoms with E-state index in [1.54, 1.807) is 19.3 Å². The molecule has 0 spiro atoms. The molecule has 1 fully saturated rings. The lowest BCUT2D eigenvalue weighted by Gasteiger charge is -2.17. The van der Waals surface area contributed by atoms with E-state index >= 15 is 0 Å². The topological polar surface area (TPSA) is 95.9 Å². The number of aromatic amines is 1. The molecule has 8 nitrogen and oxygen atoms in total. The number of pyridine rings is 2. The molecule has 4 aromatic rings. The summed E-state index contributed by atoms with van der Waals surface area (Å²) in [5, 5.41) is 11.8. The number of anilines is 1. The van der Waals surface area contributed by atoms with E-state index in [0.29, 0.717) is 18.7 Å². The second kappa shape index (κ2) is 8.90.